The Kier molecular flexibility index (Phi) is 3.25. The Morgan fingerprint density at radius 1 is 1.36 bits per heavy atom. The zero-order chi connectivity index (χ0) is 8.43. The van der Waals surface area contributed by atoms with E-state index in [1.807, 2.05) is 18.2 Å². The summed E-state index contributed by atoms with van der Waals surface area (Å²) in [6.45, 7) is 1.78. The van der Waals surface area contributed by atoms with Crippen LogP contribution in [0, 0.1) is 0 Å². The quantitative estimate of drug-likeness (QED) is 0.671. The standard InChI is InChI=1S/C8H8As2O/c1-5(11)7-4-6(9)2-3-8(7)10/h2-5,11H,1H3. The molecule has 1 nitrogen and oxygen atoms in total. The Morgan fingerprint density at radius 2 is 2.00 bits per heavy atom. The average molecular weight is 270 g/mol. The SMILES string of the molecule is CC(O)c1cc([As])ccc1[As]. The van der Waals surface area contributed by atoms with Gasteiger partial charge in [-0.05, 0) is 0 Å². The molecule has 56 valence electrons. The molecule has 0 fully saturated rings. The number of aliphatic hydroxyl groups is 1. The van der Waals surface area contributed by atoms with E-state index in [0.717, 1.165) is 14.3 Å². The molecule has 0 bridgehead atoms. The van der Waals surface area contributed by atoms with Crippen molar-refractivity contribution >= 4 is 42.4 Å². The van der Waals surface area contributed by atoms with Gasteiger partial charge in [0.15, 0.2) is 0 Å². The van der Waals surface area contributed by atoms with E-state index in [1.54, 1.807) is 6.92 Å². The van der Waals surface area contributed by atoms with Gasteiger partial charge < -0.3 is 0 Å². The zero-order valence-corrected chi connectivity index (χ0v) is 9.90. The molecule has 0 aliphatic carbocycles. The molecule has 0 aliphatic heterocycles. The van der Waals surface area contributed by atoms with Crippen molar-refractivity contribution in [3.8, 4) is 0 Å². The third-order valence-corrected chi connectivity index (χ3v) is 2.90. The Labute approximate surface area is 84.2 Å². The van der Waals surface area contributed by atoms with Crippen molar-refractivity contribution in [2.24, 2.45) is 0 Å². The summed E-state index contributed by atoms with van der Waals surface area (Å²) in [7, 11) is 0. The van der Waals surface area contributed by atoms with Crippen LogP contribution in [0.5, 0.6) is 0 Å². The van der Waals surface area contributed by atoms with E-state index in [9.17, 15) is 5.11 Å². The molecule has 0 aliphatic rings. The predicted molar refractivity (Wildman–Crippen MR) is 47.9 cm³/mol. The van der Waals surface area contributed by atoms with E-state index in [0.29, 0.717) is 0 Å². The molecular weight excluding hydrogens is 262 g/mol. The first-order valence-electron chi connectivity index (χ1n) is 3.31. The fourth-order valence-electron chi connectivity index (χ4n) is 0.877. The van der Waals surface area contributed by atoms with E-state index in [1.165, 1.54) is 0 Å². The van der Waals surface area contributed by atoms with E-state index in [-0.39, 0.29) is 6.10 Å². The van der Waals surface area contributed by atoms with E-state index < -0.39 is 0 Å². The fourth-order valence-corrected chi connectivity index (χ4v) is 2.01. The van der Waals surface area contributed by atoms with Crippen LogP contribution in [0.25, 0.3) is 0 Å². The molecule has 1 rings (SSSR count). The van der Waals surface area contributed by atoms with Gasteiger partial charge in [0, 0.05) is 0 Å². The molecule has 11 heavy (non-hydrogen) atoms. The Hall–Kier alpha value is 0.297. The third kappa shape index (κ3) is 2.37. The first-order chi connectivity index (χ1) is 5.11. The third-order valence-electron chi connectivity index (χ3n) is 1.46. The van der Waals surface area contributed by atoms with Crippen molar-refractivity contribution in [1.29, 1.82) is 0 Å². The first kappa shape index (κ1) is 9.39. The van der Waals surface area contributed by atoms with Crippen LogP contribution in [0.4, 0.5) is 0 Å². The summed E-state index contributed by atoms with van der Waals surface area (Å²) in [6, 6.07) is 5.99. The monoisotopic (exact) mass is 270 g/mol. The molecule has 1 unspecified atom stereocenters. The second-order valence-electron chi connectivity index (χ2n) is 2.42. The summed E-state index contributed by atoms with van der Waals surface area (Å²) in [4.78, 5) is 0. The van der Waals surface area contributed by atoms with Gasteiger partial charge in [-0.15, -0.1) is 0 Å². The summed E-state index contributed by atoms with van der Waals surface area (Å²) in [5, 5.41) is 9.31. The molecule has 1 atom stereocenters. The minimum atomic E-state index is -0.378. The van der Waals surface area contributed by atoms with Crippen LogP contribution >= 0.6 is 0 Å². The number of aliphatic hydroxyl groups excluding tert-OH is 1. The van der Waals surface area contributed by atoms with Crippen LogP contribution < -0.4 is 8.70 Å². The number of hydrogen-bond donors (Lipinski definition) is 1. The van der Waals surface area contributed by atoms with Gasteiger partial charge in [-0.25, -0.2) is 0 Å². The molecule has 0 spiro atoms. The first-order valence-corrected chi connectivity index (χ1v) is 5.19. The van der Waals surface area contributed by atoms with E-state index >= 15 is 0 Å². The predicted octanol–water partition coefficient (Wildman–Crippen LogP) is -0.673. The summed E-state index contributed by atoms with van der Waals surface area (Å²) in [5.41, 5.74) is 0.989. The van der Waals surface area contributed by atoms with Crippen LogP contribution in [-0.2, 0) is 0 Å². The number of rotatable bonds is 1. The molecule has 4 radical (unpaired) electrons. The van der Waals surface area contributed by atoms with Gasteiger partial charge in [0.25, 0.3) is 0 Å². The van der Waals surface area contributed by atoms with E-state index in [4.69, 9.17) is 0 Å². The molecule has 1 N–H and O–H groups in total. The number of benzene rings is 1. The Balaban J connectivity index is 3.13. The minimum absolute atomic E-state index is 0.378. The molecule has 0 saturated heterocycles. The fraction of sp³-hybridized carbons (Fsp3) is 0.250. The Morgan fingerprint density at radius 3 is 2.45 bits per heavy atom. The van der Waals surface area contributed by atoms with Gasteiger partial charge in [-0.1, -0.05) is 0 Å². The summed E-state index contributed by atoms with van der Waals surface area (Å²) in [6.07, 6.45) is -0.378. The topological polar surface area (TPSA) is 20.2 Å². The van der Waals surface area contributed by atoms with Crippen molar-refractivity contribution in [3.05, 3.63) is 23.8 Å². The maximum atomic E-state index is 9.31. The molecule has 1 aromatic carbocycles. The van der Waals surface area contributed by atoms with E-state index in [2.05, 4.69) is 33.7 Å². The van der Waals surface area contributed by atoms with Gasteiger partial charge in [-0.3, -0.25) is 0 Å². The molecule has 0 amide bonds. The Bertz CT molecular complexity index is 258. The summed E-state index contributed by atoms with van der Waals surface area (Å²) in [5.74, 6) is 0. The molecular formula is C8H8As2O. The summed E-state index contributed by atoms with van der Waals surface area (Å²) >= 11 is 4.93. The van der Waals surface area contributed by atoms with Gasteiger partial charge >= 0.3 is 84.3 Å². The number of hydrogen-bond acceptors (Lipinski definition) is 1. The summed E-state index contributed by atoms with van der Waals surface area (Å²) < 4.78 is 2.21. The van der Waals surface area contributed by atoms with Gasteiger partial charge in [0.2, 0.25) is 0 Å². The molecule has 0 heterocycles. The van der Waals surface area contributed by atoms with Gasteiger partial charge in [0.05, 0.1) is 0 Å². The second-order valence-corrected chi connectivity index (χ2v) is 4.51. The van der Waals surface area contributed by atoms with Crippen molar-refractivity contribution in [2.45, 2.75) is 13.0 Å². The molecule has 0 aromatic heterocycles. The molecule has 1 aromatic rings. The molecule has 0 saturated carbocycles. The van der Waals surface area contributed by atoms with Crippen molar-refractivity contribution < 1.29 is 5.11 Å². The van der Waals surface area contributed by atoms with Crippen LogP contribution in [0.3, 0.4) is 0 Å². The van der Waals surface area contributed by atoms with Crippen LogP contribution in [0.1, 0.15) is 18.6 Å². The van der Waals surface area contributed by atoms with Gasteiger partial charge in [-0.2, -0.15) is 0 Å². The van der Waals surface area contributed by atoms with Crippen LogP contribution in [0.2, 0.25) is 0 Å². The average Bonchev–Trinajstić information content (AvgIpc) is 1.94. The van der Waals surface area contributed by atoms with Crippen LogP contribution in [-0.4, -0.2) is 38.8 Å². The second kappa shape index (κ2) is 3.80. The zero-order valence-electron chi connectivity index (χ0n) is 6.15. The van der Waals surface area contributed by atoms with Crippen molar-refractivity contribution in [3.63, 3.8) is 0 Å². The maximum absolute atomic E-state index is 9.31. The van der Waals surface area contributed by atoms with Crippen molar-refractivity contribution in [2.75, 3.05) is 0 Å². The van der Waals surface area contributed by atoms with Crippen molar-refractivity contribution in [1.82, 2.24) is 0 Å². The van der Waals surface area contributed by atoms with Crippen LogP contribution in [0.15, 0.2) is 18.2 Å². The molecule has 3 heteroatoms. The normalized spacial score (nSPS) is 13.1. The van der Waals surface area contributed by atoms with Gasteiger partial charge in [0.1, 0.15) is 0 Å².